The van der Waals surface area contributed by atoms with Crippen molar-refractivity contribution in [2.24, 2.45) is 0 Å². The standard InChI is InChI=1S/C11H12N2O4S2/c1-8(6-12)19(16,17)13-7-10-9(4-5-18-10)2-3-11(14)15/h2-5,8,13H,7H2,1H3,(H,14,15). The Morgan fingerprint density at radius 3 is 2.95 bits per heavy atom. The molecule has 6 nitrogen and oxygen atoms in total. The van der Waals surface area contributed by atoms with Gasteiger partial charge >= 0.3 is 5.97 Å². The molecule has 1 heterocycles. The Balaban J connectivity index is 2.78. The van der Waals surface area contributed by atoms with E-state index in [-0.39, 0.29) is 6.54 Å². The smallest absolute Gasteiger partial charge is 0.328 e. The van der Waals surface area contributed by atoms with Gasteiger partial charge in [0.05, 0.1) is 6.07 Å². The lowest BCUT2D eigenvalue weighted by Gasteiger charge is -2.07. The Morgan fingerprint density at radius 1 is 1.68 bits per heavy atom. The molecule has 0 saturated carbocycles. The number of hydrogen-bond acceptors (Lipinski definition) is 5. The van der Waals surface area contributed by atoms with Crippen molar-refractivity contribution in [2.75, 3.05) is 0 Å². The summed E-state index contributed by atoms with van der Waals surface area (Å²) in [6.45, 7) is 1.33. The average Bonchev–Trinajstić information content (AvgIpc) is 2.80. The minimum absolute atomic E-state index is 0.0330. The van der Waals surface area contributed by atoms with Crippen LogP contribution in [0.4, 0.5) is 0 Å². The molecule has 1 aromatic rings. The van der Waals surface area contributed by atoms with Gasteiger partial charge in [-0.05, 0) is 30.0 Å². The van der Waals surface area contributed by atoms with Crippen LogP contribution in [0.25, 0.3) is 6.08 Å². The van der Waals surface area contributed by atoms with Gasteiger partial charge in [0.1, 0.15) is 0 Å². The third kappa shape index (κ3) is 4.48. The quantitative estimate of drug-likeness (QED) is 0.767. The third-order valence-corrected chi connectivity index (χ3v) is 4.79. The van der Waals surface area contributed by atoms with Crippen molar-refractivity contribution in [3.05, 3.63) is 28.0 Å². The number of nitriles is 1. The number of carboxylic acids is 1. The summed E-state index contributed by atoms with van der Waals surface area (Å²) in [6.07, 6.45) is 2.38. The number of sulfonamides is 1. The summed E-state index contributed by atoms with van der Waals surface area (Å²) in [5.41, 5.74) is 0.639. The van der Waals surface area contributed by atoms with Crippen molar-refractivity contribution in [3.63, 3.8) is 0 Å². The molecule has 0 aliphatic heterocycles. The minimum Gasteiger partial charge on any atom is -0.478 e. The molecule has 19 heavy (non-hydrogen) atoms. The van der Waals surface area contributed by atoms with Gasteiger partial charge in [-0.15, -0.1) is 11.3 Å². The van der Waals surface area contributed by atoms with Gasteiger partial charge in [0.25, 0.3) is 0 Å². The highest BCUT2D eigenvalue weighted by molar-refractivity contribution is 7.90. The van der Waals surface area contributed by atoms with Gasteiger partial charge in [-0.3, -0.25) is 0 Å². The number of rotatable bonds is 6. The number of hydrogen-bond donors (Lipinski definition) is 2. The molecule has 8 heteroatoms. The minimum atomic E-state index is -3.68. The van der Waals surface area contributed by atoms with Gasteiger partial charge in [-0.25, -0.2) is 17.9 Å². The molecule has 0 bridgehead atoms. The molecular weight excluding hydrogens is 288 g/mol. The van der Waals surface area contributed by atoms with E-state index in [2.05, 4.69) is 4.72 Å². The van der Waals surface area contributed by atoms with Crippen LogP contribution in [0.2, 0.25) is 0 Å². The summed E-state index contributed by atoms with van der Waals surface area (Å²) in [6, 6.07) is 3.35. The summed E-state index contributed by atoms with van der Waals surface area (Å²) < 4.78 is 25.5. The monoisotopic (exact) mass is 300 g/mol. The second-order valence-corrected chi connectivity index (χ2v) is 6.69. The highest BCUT2D eigenvalue weighted by atomic mass is 32.2. The number of carboxylic acid groups (broad SMARTS) is 1. The zero-order chi connectivity index (χ0) is 14.5. The topological polar surface area (TPSA) is 107 Å². The van der Waals surface area contributed by atoms with Gasteiger partial charge < -0.3 is 5.11 Å². The molecule has 102 valence electrons. The van der Waals surface area contributed by atoms with Crippen LogP contribution in [0, 0.1) is 11.3 Å². The normalized spacial score (nSPS) is 13.3. The summed E-state index contributed by atoms with van der Waals surface area (Å²) in [5.74, 6) is -1.07. The van der Waals surface area contributed by atoms with Crippen molar-refractivity contribution in [1.29, 1.82) is 5.26 Å². The molecule has 2 N–H and O–H groups in total. The Kier molecular flexibility index (Phi) is 5.23. The molecule has 0 aromatic carbocycles. The van der Waals surface area contributed by atoms with Crippen molar-refractivity contribution in [3.8, 4) is 6.07 Å². The average molecular weight is 300 g/mol. The Hall–Kier alpha value is -1.69. The molecule has 0 spiro atoms. The molecule has 0 aliphatic rings. The van der Waals surface area contributed by atoms with E-state index in [9.17, 15) is 13.2 Å². The second-order valence-electron chi connectivity index (χ2n) is 3.61. The van der Waals surface area contributed by atoms with Crippen molar-refractivity contribution < 1.29 is 18.3 Å². The Labute approximate surface area is 115 Å². The van der Waals surface area contributed by atoms with E-state index in [1.54, 1.807) is 17.5 Å². The zero-order valence-electron chi connectivity index (χ0n) is 10.0. The van der Waals surface area contributed by atoms with E-state index >= 15 is 0 Å². The van der Waals surface area contributed by atoms with E-state index in [0.717, 1.165) is 6.08 Å². The van der Waals surface area contributed by atoms with Crippen LogP contribution < -0.4 is 4.72 Å². The third-order valence-electron chi connectivity index (χ3n) is 2.27. The molecule has 0 saturated heterocycles. The van der Waals surface area contributed by atoms with Crippen molar-refractivity contribution in [2.45, 2.75) is 18.7 Å². The van der Waals surface area contributed by atoms with Crippen LogP contribution in [0.15, 0.2) is 17.5 Å². The summed E-state index contributed by atoms with van der Waals surface area (Å²) >= 11 is 1.31. The van der Waals surface area contributed by atoms with Crippen LogP contribution in [0.3, 0.4) is 0 Å². The van der Waals surface area contributed by atoms with Crippen molar-refractivity contribution in [1.82, 2.24) is 4.72 Å². The highest BCUT2D eigenvalue weighted by Gasteiger charge is 2.19. The van der Waals surface area contributed by atoms with Gasteiger partial charge in [-0.1, -0.05) is 0 Å². The lowest BCUT2D eigenvalue weighted by atomic mass is 10.2. The number of nitrogens with zero attached hydrogens (tertiary/aromatic N) is 1. The summed E-state index contributed by atoms with van der Waals surface area (Å²) in [7, 11) is -3.68. The van der Waals surface area contributed by atoms with Crippen LogP contribution in [0.5, 0.6) is 0 Å². The lowest BCUT2D eigenvalue weighted by Crippen LogP contribution is -2.31. The maximum absolute atomic E-state index is 11.6. The number of nitrogens with one attached hydrogen (secondary N) is 1. The molecule has 0 amide bonds. The molecule has 0 aliphatic carbocycles. The summed E-state index contributed by atoms with van der Waals surface area (Å²) in [4.78, 5) is 11.1. The maximum Gasteiger partial charge on any atom is 0.328 e. The van der Waals surface area contributed by atoms with Gasteiger partial charge in [-0.2, -0.15) is 5.26 Å². The molecule has 1 atom stereocenters. The lowest BCUT2D eigenvalue weighted by molar-refractivity contribution is -0.131. The first-order valence-electron chi connectivity index (χ1n) is 5.22. The second kappa shape index (κ2) is 6.47. The van der Waals surface area contributed by atoms with E-state index in [0.29, 0.717) is 10.4 Å². The number of thiophene rings is 1. The molecule has 1 rings (SSSR count). The van der Waals surface area contributed by atoms with E-state index in [1.807, 2.05) is 0 Å². The fourth-order valence-corrected chi connectivity index (χ4v) is 2.80. The first-order valence-corrected chi connectivity index (χ1v) is 7.65. The predicted molar refractivity (Wildman–Crippen MR) is 71.8 cm³/mol. The fraction of sp³-hybridized carbons (Fsp3) is 0.273. The fourth-order valence-electron chi connectivity index (χ4n) is 1.16. The Morgan fingerprint density at radius 2 is 2.37 bits per heavy atom. The SMILES string of the molecule is CC(C#N)S(=O)(=O)NCc1sccc1C=CC(=O)O. The van der Waals surface area contributed by atoms with E-state index < -0.39 is 21.2 Å². The number of carbonyl (C=O) groups is 1. The predicted octanol–water partition coefficient (Wildman–Crippen LogP) is 1.18. The maximum atomic E-state index is 11.6. The first kappa shape index (κ1) is 15.4. The molecule has 1 aromatic heterocycles. The Bertz CT molecular complexity index is 625. The first-order chi connectivity index (χ1) is 8.86. The molecule has 0 radical (unpaired) electrons. The zero-order valence-corrected chi connectivity index (χ0v) is 11.7. The largest absolute Gasteiger partial charge is 0.478 e. The molecule has 1 unspecified atom stereocenters. The van der Waals surface area contributed by atoms with Crippen LogP contribution in [0.1, 0.15) is 17.4 Å². The number of aliphatic carboxylic acids is 1. The van der Waals surface area contributed by atoms with E-state index in [4.69, 9.17) is 10.4 Å². The van der Waals surface area contributed by atoms with Crippen LogP contribution >= 0.6 is 11.3 Å². The molecule has 0 fully saturated rings. The van der Waals surface area contributed by atoms with E-state index in [1.165, 1.54) is 24.3 Å². The van der Waals surface area contributed by atoms with Crippen molar-refractivity contribution >= 4 is 33.4 Å². The summed E-state index contributed by atoms with van der Waals surface area (Å²) in [5, 5.41) is 17.7. The van der Waals surface area contributed by atoms with Gasteiger partial charge in [0.15, 0.2) is 5.25 Å². The van der Waals surface area contributed by atoms with Crippen LogP contribution in [-0.4, -0.2) is 24.7 Å². The van der Waals surface area contributed by atoms with Gasteiger partial charge in [0.2, 0.25) is 10.0 Å². The van der Waals surface area contributed by atoms with Gasteiger partial charge in [0, 0.05) is 17.5 Å². The highest BCUT2D eigenvalue weighted by Crippen LogP contribution is 2.18. The van der Waals surface area contributed by atoms with Crippen LogP contribution in [-0.2, 0) is 21.4 Å². The molecular formula is C11H12N2O4S2.